The molecule has 2 N–H and O–H groups in total. The number of carboxylic acid groups (broad SMARTS) is 1. The second-order valence-electron chi connectivity index (χ2n) is 8.11. The molecule has 1 aromatic carbocycles. The Morgan fingerprint density at radius 2 is 2.07 bits per heavy atom. The summed E-state index contributed by atoms with van der Waals surface area (Å²) in [6.45, 7) is 3.35. The summed E-state index contributed by atoms with van der Waals surface area (Å²) in [7, 11) is 0. The lowest BCUT2D eigenvalue weighted by molar-refractivity contribution is -0.148. The molecule has 0 unspecified atom stereocenters. The Morgan fingerprint density at radius 3 is 2.79 bits per heavy atom. The summed E-state index contributed by atoms with van der Waals surface area (Å²) in [5.74, 6) is 0.446. The van der Waals surface area contributed by atoms with Gasteiger partial charge in [-0.05, 0) is 74.0 Å². The fourth-order valence-electron chi connectivity index (χ4n) is 4.87. The number of carbonyl (C=O) groups is 2. The summed E-state index contributed by atoms with van der Waals surface area (Å²) in [4.78, 5) is 22.3. The maximum absolute atomic E-state index is 11.5. The Balaban J connectivity index is 1.66. The van der Waals surface area contributed by atoms with Gasteiger partial charge in [-0.25, -0.2) is 4.79 Å². The molecule has 28 heavy (non-hydrogen) atoms. The first-order valence-electron chi connectivity index (χ1n) is 10.2. The Morgan fingerprint density at radius 1 is 1.29 bits per heavy atom. The Hall–Kier alpha value is -2.08. The lowest BCUT2D eigenvalue weighted by Crippen LogP contribution is -2.28. The highest BCUT2D eigenvalue weighted by atomic mass is 16.5. The average Bonchev–Trinajstić information content (AvgIpc) is 2.96. The van der Waals surface area contributed by atoms with Gasteiger partial charge in [0.1, 0.15) is 5.75 Å². The van der Waals surface area contributed by atoms with Gasteiger partial charge in [-0.15, -0.1) is 0 Å². The van der Waals surface area contributed by atoms with Crippen LogP contribution in [0.25, 0.3) is 0 Å². The van der Waals surface area contributed by atoms with Gasteiger partial charge in [-0.2, -0.15) is 0 Å². The lowest BCUT2D eigenvalue weighted by atomic mass is 9.73. The van der Waals surface area contributed by atoms with Crippen LogP contribution < -0.4 is 4.74 Å². The van der Waals surface area contributed by atoms with Gasteiger partial charge in [0.2, 0.25) is 0 Å². The molecule has 0 aliphatic heterocycles. The molecular weight excluding hydrogens is 360 g/mol. The van der Waals surface area contributed by atoms with Gasteiger partial charge in [0.25, 0.3) is 0 Å². The monoisotopic (exact) mass is 390 g/mol. The molecule has 1 fully saturated rings. The normalized spacial score (nSPS) is 26.8. The zero-order chi connectivity index (χ0) is 20.3. The van der Waals surface area contributed by atoms with Crippen molar-refractivity contribution in [3.05, 3.63) is 29.3 Å². The van der Waals surface area contributed by atoms with E-state index in [0.717, 1.165) is 37.7 Å². The first-order chi connectivity index (χ1) is 13.4. The summed E-state index contributed by atoms with van der Waals surface area (Å²) in [6, 6.07) is 5.81. The Labute approximate surface area is 165 Å². The largest absolute Gasteiger partial charge is 0.482 e. The highest BCUT2D eigenvalue weighted by Gasteiger charge is 2.44. The van der Waals surface area contributed by atoms with E-state index >= 15 is 0 Å². The van der Waals surface area contributed by atoms with Crippen LogP contribution in [-0.4, -0.2) is 41.0 Å². The van der Waals surface area contributed by atoms with Crippen molar-refractivity contribution in [2.75, 3.05) is 6.61 Å². The standard InChI is InChI=1S/C22H30O6/c1-3-22(26)28-13(2)7-8-16-17-9-14-5-4-6-20(27-12-21(24)25)18(14)10-15(17)11-19(16)23/h4-6,13,15-17,19,23H,3,7-12H2,1-2H3,(H,24,25)/t13-,15-,16+,17-,19+/m0/s1. The molecule has 1 aromatic rings. The molecule has 0 bridgehead atoms. The zero-order valence-corrected chi connectivity index (χ0v) is 16.6. The molecule has 154 valence electrons. The lowest BCUT2D eigenvalue weighted by Gasteiger charge is -2.32. The maximum atomic E-state index is 11.5. The molecule has 2 aliphatic carbocycles. The highest BCUT2D eigenvalue weighted by molar-refractivity contribution is 5.69. The number of esters is 1. The zero-order valence-electron chi connectivity index (χ0n) is 16.6. The molecule has 0 aromatic heterocycles. The number of ether oxygens (including phenoxy) is 2. The highest BCUT2D eigenvalue weighted by Crippen LogP contribution is 2.48. The van der Waals surface area contributed by atoms with Gasteiger partial charge in [0.05, 0.1) is 12.2 Å². The van der Waals surface area contributed by atoms with Gasteiger partial charge in [-0.3, -0.25) is 4.79 Å². The minimum atomic E-state index is -0.986. The van der Waals surface area contributed by atoms with Crippen molar-refractivity contribution in [3.8, 4) is 5.75 Å². The smallest absolute Gasteiger partial charge is 0.341 e. The van der Waals surface area contributed by atoms with E-state index in [1.54, 1.807) is 6.92 Å². The molecule has 0 radical (unpaired) electrons. The number of carboxylic acids is 1. The van der Waals surface area contributed by atoms with E-state index in [2.05, 4.69) is 6.07 Å². The fraction of sp³-hybridized carbons (Fsp3) is 0.636. The SMILES string of the molecule is CCC(=O)O[C@@H](C)CC[C@@H]1[C@H]2Cc3cccc(OCC(=O)O)c3C[C@H]2C[C@H]1O. The minimum Gasteiger partial charge on any atom is -0.482 e. The third-order valence-corrected chi connectivity index (χ3v) is 6.22. The summed E-state index contributed by atoms with van der Waals surface area (Å²) in [5, 5.41) is 19.6. The van der Waals surface area contributed by atoms with Crippen molar-refractivity contribution in [1.82, 2.24) is 0 Å². The van der Waals surface area contributed by atoms with Crippen LogP contribution in [0.3, 0.4) is 0 Å². The van der Waals surface area contributed by atoms with Crippen LogP contribution in [0.15, 0.2) is 18.2 Å². The van der Waals surface area contributed by atoms with Crippen LogP contribution in [0.2, 0.25) is 0 Å². The van der Waals surface area contributed by atoms with Crippen LogP contribution in [-0.2, 0) is 27.2 Å². The van der Waals surface area contributed by atoms with Crippen LogP contribution >= 0.6 is 0 Å². The van der Waals surface area contributed by atoms with Crippen LogP contribution in [0.4, 0.5) is 0 Å². The molecule has 6 nitrogen and oxygen atoms in total. The molecule has 5 atom stereocenters. The van der Waals surface area contributed by atoms with Gasteiger partial charge in [0.15, 0.2) is 6.61 Å². The minimum absolute atomic E-state index is 0.134. The quantitative estimate of drug-likeness (QED) is 0.663. The number of carbonyl (C=O) groups excluding carboxylic acids is 1. The maximum Gasteiger partial charge on any atom is 0.341 e. The molecule has 2 aliphatic rings. The van der Waals surface area contributed by atoms with Crippen molar-refractivity contribution in [1.29, 1.82) is 0 Å². The number of benzene rings is 1. The topological polar surface area (TPSA) is 93.1 Å². The van der Waals surface area contributed by atoms with E-state index in [9.17, 15) is 14.7 Å². The van der Waals surface area contributed by atoms with Crippen LogP contribution in [0.5, 0.6) is 5.75 Å². The van der Waals surface area contributed by atoms with Gasteiger partial charge < -0.3 is 19.7 Å². The van der Waals surface area contributed by atoms with Gasteiger partial charge in [-0.1, -0.05) is 19.1 Å². The molecule has 1 saturated carbocycles. The van der Waals surface area contributed by atoms with Crippen molar-refractivity contribution in [3.63, 3.8) is 0 Å². The fourth-order valence-corrected chi connectivity index (χ4v) is 4.87. The van der Waals surface area contributed by atoms with Gasteiger partial charge in [0, 0.05) is 6.42 Å². The summed E-state index contributed by atoms with van der Waals surface area (Å²) in [6.07, 6.45) is 3.93. The molecular formula is C22H30O6. The second-order valence-corrected chi connectivity index (χ2v) is 8.11. The van der Waals surface area contributed by atoms with Crippen molar-refractivity contribution < 1.29 is 29.3 Å². The molecule has 0 saturated heterocycles. The van der Waals surface area contributed by atoms with E-state index < -0.39 is 5.97 Å². The van der Waals surface area contributed by atoms with Crippen molar-refractivity contribution >= 4 is 11.9 Å². The number of aliphatic hydroxyl groups is 1. The molecule has 0 amide bonds. The number of rotatable bonds is 8. The second kappa shape index (κ2) is 8.95. The third-order valence-electron chi connectivity index (χ3n) is 6.22. The van der Waals surface area contributed by atoms with Crippen LogP contribution in [0, 0.1) is 17.8 Å². The third kappa shape index (κ3) is 4.66. The van der Waals surface area contributed by atoms with E-state index in [0.29, 0.717) is 24.0 Å². The summed E-state index contributed by atoms with van der Waals surface area (Å²) < 4.78 is 10.8. The van der Waals surface area contributed by atoms with E-state index in [4.69, 9.17) is 14.6 Å². The summed E-state index contributed by atoms with van der Waals surface area (Å²) >= 11 is 0. The Kier molecular flexibility index (Phi) is 6.60. The molecule has 6 heteroatoms. The summed E-state index contributed by atoms with van der Waals surface area (Å²) in [5.41, 5.74) is 2.27. The first kappa shape index (κ1) is 20.6. The van der Waals surface area contributed by atoms with Gasteiger partial charge >= 0.3 is 11.9 Å². The van der Waals surface area contributed by atoms with E-state index in [-0.39, 0.29) is 30.7 Å². The van der Waals surface area contributed by atoms with Crippen molar-refractivity contribution in [2.45, 2.75) is 64.6 Å². The van der Waals surface area contributed by atoms with E-state index in [1.807, 2.05) is 19.1 Å². The average molecular weight is 390 g/mol. The van der Waals surface area contributed by atoms with Crippen LogP contribution in [0.1, 0.15) is 50.7 Å². The first-order valence-corrected chi connectivity index (χ1v) is 10.2. The Bertz CT molecular complexity index is 715. The molecule has 0 heterocycles. The van der Waals surface area contributed by atoms with Crippen molar-refractivity contribution in [2.24, 2.45) is 17.8 Å². The number of fused-ring (bicyclic) bond motifs is 2. The number of aliphatic hydroxyl groups excluding tert-OH is 1. The number of aliphatic carboxylic acids is 1. The number of hydrogen-bond donors (Lipinski definition) is 2. The van der Waals surface area contributed by atoms with E-state index in [1.165, 1.54) is 5.56 Å². The predicted octanol–water partition coefficient (Wildman–Crippen LogP) is 2.98. The molecule has 3 rings (SSSR count). The predicted molar refractivity (Wildman–Crippen MR) is 103 cm³/mol. The number of hydrogen-bond acceptors (Lipinski definition) is 5. The molecule has 0 spiro atoms.